The summed E-state index contributed by atoms with van der Waals surface area (Å²) in [7, 11) is 0. The van der Waals surface area contributed by atoms with E-state index in [0.29, 0.717) is 10.8 Å². The van der Waals surface area contributed by atoms with Crippen molar-refractivity contribution >= 4 is 29.2 Å². The van der Waals surface area contributed by atoms with Gasteiger partial charge in [-0.25, -0.2) is 14.6 Å². The standard InChI is InChI=1S/C20H17ClN6O/c1-14(15-5-7-16(8-6-15)27-13-22-12-23-27)24-19(28)10-9-17-20(21)25-18-4-2-3-11-26(17)18/h2-14H,1H3,(H,24,28)/b10-9+. The number of hydrogen-bond acceptors (Lipinski definition) is 4. The average Bonchev–Trinajstić information content (AvgIpc) is 3.34. The van der Waals surface area contributed by atoms with Crippen LogP contribution in [0.2, 0.25) is 5.15 Å². The molecule has 7 nitrogen and oxygen atoms in total. The Morgan fingerprint density at radius 1 is 1.21 bits per heavy atom. The summed E-state index contributed by atoms with van der Waals surface area (Å²) in [6.45, 7) is 1.93. The number of rotatable bonds is 5. The molecule has 0 bridgehead atoms. The minimum absolute atomic E-state index is 0.153. The SMILES string of the molecule is CC(NC(=O)/C=C/c1c(Cl)nc2ccccn12)c1ccc(-n2cncn2)cc1. The molecule has 4 rings (SSSR count). The number of hydrogen-bond donors (Lipinski definition) is 1. The summed E-state index contributed by atoms with van der Waals surface area (Å²) in [5, 5.41) is 7.40. The van der Waals surface area contributed by atoms with Crippen molar-refractivity contribution in [3.05, 3.63) is 83.8 Å². The van der Waals surface area contributed by atoms with Crippen molar-refractivity contribution in [1.29, 1.82) is 0 Å². The van der Waals surface area contributed by atoms with Gasteiger partial charge in [-0.2, -0.15) is 5.10 Å². The number of pyridine rings is 1. The van der Waals surface area contributed by atoms with E-state index in [1.807, 2.05) is 60.0 Å². The fourth-order valence-corrected chi connectivity index (χ4v) is 3.13. The summed E-state index contributed by atoms with van der Waals surface area (Å²) >= 11 is 6.18. The topological polar surface area (TPSA) is 77.1 Å². The molecule has 3 heterocycles. The maximum atomic E-state index is 12.3. The quantitative estimate of drug-likeness (QED) is 0.528. The lowest BCUT2D eigenvalue weighted by Gasteiger charge is -2.13. The number of amides is 1. The molecule has 1 aromatic carbocycles. The Kier molecular flexibility index (Phi) is 4.90. The van der Waals surface area contributed by atoms with Gasteiger partial charge in [0.2, 0.25) is 5.91 Å². The van der Waals surface area contributed by atoms with Gasteiger partial charge in [0.25, 0.3) is 0 Å². The molecule has 8 heteroatoms. The molecule has 1 N–H and O–H groups in total. The van der Waals surface area contributed by atoms with Crippen LogP contribution in [-0.2, 0) is 4.79 Å². The van der Waals surface area contributed by atoms with Crippen LogP contribution < -0.4 is 5.32 Å². The van der Waals surface area contributed by atoms with E-state index in [0.717, 1.165) is 16.9 Å². The molecule has 0 saturated carbocycles. The number of nitrogens with one attached hydrogen (secondary N) is 1. The summed E-state index contributed by atoms with van der Waals surface area (Å²) in [4.78, 5) is 20.5. The Morgan fingerprint density at radius 2 is 2.04 bits per heavy atom. The fourth-order valence-electron chi connectivity index (χ4n) is 2.89. The predicted molar refractivity (Wildman–Crippen MR) is 107 cm³/mol. The molecule has 3 aromatic heterocycles. The first-order valence-corrected chi connectivity index (χ1v) is 9.06. The predicted octanol–water partition coefficient (Wildman–Crippen LogP) is 3.46. The van der Waals surface area contributed by atoms with Crippen molar-refractivity contribution in [2.24, 2.45) is 0 Å². The van der Waals surface area contributed by atoms with Crippen LogP contribution >= 0.6 is 11.6 Å². The zero-order chi connectivity index (χ0) is 19.5. The van der Waals surface area contributed by atoms with Crippen LogP contribution in [0, 0.1) is 0 Å². The summed E-state index contributed by atoms with van der Waals surface area (Å²) in [6.07, 6.45) is 8.10. The Morgan fingerprint density at radius 3 is 2.79 bits per heavy atom. The van der Waals surface area contributed by atoms with Crippen molar-refractivity contribution in [2.45, 2.75) is 13.0 Å². The Balaban J connectivity index is 1.44. The summed E-state index contributed by atoms with van der Waals surface area (Å²) in [6, 6.07) is 13.2. The van der Waals surface area contributed by atoms with Crippen molar-refractivity contribution < 1.29 is 4.79 Å². The van der Waals surface area contributed by atoms with E-state index in [2.05, 4.69) is 20.4 Å². The molecule has 28 heavy (non-hydrogen) atoms. The van der Waals surface area contributed by atoms with E-state index in [-0.39, 0.29) is 11.9 Å². The highest BCUT2D eigenvalue weighted by molar-refractivity contribution is 6.31. The third-order valence-corrected chi connectivity index (χ3v) is 4.63. The van der Waals surface area contributed by atoms with E-state index in [9.17, 15) is 4.79 Å². The zero-order valence-electron chi connectivity index (χ0n) is 15.0. The molecule has 0 radical (unpaired) electrons. The molecular formula is C20H17ClN6O. The minimum Gasteiger partial charge on any atom is -0.346 e. The van der Waals surface area contributed by atoms with Crippen LogP contribution in [0.3, 0.4) is 0 Å². The van der Waals surface area contributed by atoms with E-state index in [1.165, 1.54) is 12.4 Å². The first kappa shape index (κ1) is 17.9. The molecule has 1 unspecified atom stereocenters. The normalized spacial score (nSPS) is 12.5. The van der Waals surface area contributed by atoms with Crippen LogP contribution in [-0.4, -0.2) is 30.1 Å². The molecular weight excluding hydrogens is 376 g/mol. The summed E-state index contributed by atoms with van der Waals surface area (Å²) in [5.74, 6) is -0.213. The average molecular weight is 393 g/mol. The van der Waals surface area contributed by atoms with Crippen molar-refractivity contribution in [3.8, 4) is 5.69 Å². The van der Waals surface area contributed by atoms with Gasteiger partial charge >= 0.3 is 0 Å². The molecule has 1 amide bonds. The number of aromatic nitrogens is 5. The van der Waals surface area contributed by atoms with Gasteiger partial charge in [-0.05, 0) is 42.8 Å². The van der Waals surface area contributed by atoms with E-state index in [1.54, 1.807) is 17.1 Å². The maximum absolute atomic E-state index is 12.3. The van der Waals surface area contributed by atoms with Gasteiger partial charge in [-0.15, -0.1) is 0 Å². The molecule has 0 aliphatic heterocycles. The highest BCUT2D eigenvalue weighted by Crippen LogP contribution is 2.19. The highest BCUT2D eigenvalue weighted by atomic mass is 35.5. The van der Waals surface area contributed by atoms with Crippen LogP contribution in [0.4, 0.5) is 0 Å². The lowest BCUT2D eigenvalue weighted by atomic mass is 10.1. The first-order valence-electron chi connectivity index (χ1n) is 8.68. The van der Waals surface area contributed by atoms with Crippen LogP contribution in [0.1, 0.15) is 24.2 Å². The number of halogens is 1. The Bertz CT molecular complexity index is 1130. The lowest BCUT2D eigenvalue weighted by molar-refractivity contribution is -0.117. The van der Waals surface area contributed by atoms with Gasteiger partial charge in [0.15, 0.2) is 5.15 Å². The van der Waals surface area contributed by atoms with Gasteiger partial charge < -0.3 is 5.32 Å². The molecule has 0 aliphatic rings. The number of nitrogens with zero attached hydrogens (tertiary/aromatic N) is 5. The van der Waals surface area contributed by atoms with E-state index < -0.39 is 0 Å². The number of imidazole rings is 1. The van der Waals surface area contributed by atoms with Crippen molar-refractivity contribution in [2.75, 3.05) is 0 Å². The Hall–Kier alpha value is -3.45. The van der Waals surface area contributed by atoms with Gasteiger partial charge in [-0.1, -0.05) is 29.8 Å². The second-order valence-corrected chi connectivity index (χ2v) is 6.57. The van der Waals surface area contributed by atoms with Gasteiger partial charge in [-0.3, -0.25) is 9.20 Å². The zero-order valence-corrected chi connectivity index (χ0v) is 15.8. The molecule has 1 atom stereocenters. The molecule has 0 aliphatic carbocycles. The van der Waals surface area contributed by atoms with Crippen LogP contribution in [0.15, 0.2) is 67.4 Å². The maximum Gasteiger partial charge on any atom is 0.244 e. The molecule has 4 aromatic rings. The first-order chi connectivity index (χ1) is 13.6. The van der Waals surface area contributed by atoms with Crippen molar-refractivity contribution in [1.82, 2.24) is 29.5 Å². The molecule has 0 saturated heterocycles. The largest absolute Gasteiger partial charge is 0.346 e. The van der Waals surface area contributed by atoms with Gasteiger partial charge in [0, 0.05) is 12.3 Å². The summed E-state index contributed by atoms with van der Waals surface area (Å²) < 4.78 is 3.51. The van der Waals surface area contributed by atoms with Crippen molar-refractivity contribution in [3.63, 3.8) is 0 Å². The summed E-state index contributed by atoms with van der Waals surface area (Å²) in [5.41, 5.74) is 3.28. The number of carbonyl (C=O) groups is 1. The van der Waals surface area contributed by atoms with E-state index in [4.69, 9.17) is 11.6 Å². The van der Waals surface area contributed by atoms with Crippen LogP contribution in [0.5, 0.6) is 0 Å². The third kappa shape index (κ3) is 3.65. The number of benzene rings is 1. The number of fused-ring (bicyclic) bond motifs is 1. The number of carbonyl (C=O) groups excluding carboxylic acids is 1. The second kappa shape index (κ2) is 7.66. The second-order valence-electron chi connectivity index (χ2n) is 6.21. The van der Waals surface area contributed by atoms with Gasteiger partial charge in [0.05, 0.1) is 17.4 Å². The molecule has 0 fully saturated rings. The smallest absolute Gasteiger partial charge is 0.244 e. The third-order valence-electron chi connectivity index (χ3n) is 4.35. The lowest BCUT2D eigenvalue weighted by Crippen LogP contribution is -2.24. The van der Waals surface area contributed by atoms with Gasteiger partial charge in [0.1, 0.15) is 18.3 Å². The Labute approximate surface area is 166 Å². The molecule has 140 valence electrons. The fraction of sp³-hybridized carbons (Fsp3) is 0.100. The highest BCUT2D eigenvalue weighted by Gasteiger charge is 2.10. The van der Waals surface area contributed by atoms with Crippen LogP contribution in [0.25, 0.3) is 17.4 Å². The monoisotopic (exact) mass is 392 g/mol. The molecule has 0 spiro atoms. The minimum atomic E-state index is -0.213. The van der Waals surface area contributed by atoms with E-state index >= 15 is 0 Å².